The van der Waals surface area contributed by atoms with Crippen molar-refractivity contribution in [2.24, 2.45) is 57.0 Å². The van der Waals surface area contributed by atoms with Crippen LogP contribution in [0.25, 0.3) is 5.57 Å². The average Bonchev–Trinajstić information content (AvgIpc) is 3.26. The number of esters is 1. The van der Waals surface area contributed by atoms with Crippen LogP contribution in [0, 0.1) is 51.2 Å². The number of ether oxygens (including phenoxy) is 1. The molecule has 6 rings (SSSR count). The molecule has 0 amide bonds. The third kappa shape index (κ3) is 3.61. The van der Waals surface area contributed by atoms with Crippen LogP contribution in [-0.4, -0.2) is 18.6 Å². The molecule has 1 aromatic carbocycles. The number of allylic oxidation sites excluding steroid dienone is 3. The van der Waals surface area contributed by atoms with Gasteiger partial charge in [0.25, 0.3) is 0 Å². The molecule has 3 heteroatoms. The summed E-state index contributed by atoms with van der Waals surface area (Å²) < 4.78 is 4.93. The Morgan fingerprint density at radius 3 is 2.25 bits per heavy atom. The molecule has 1 aromatic rings. The van der Waals surface area contributed by atoms with Crippen LogP contribution in [0.2, 0.25) is 0 Å². The van der Waals surface area contributed by atoms with E-state index in [4.69, 9.17) is 10.5 Å². The second-order valence-electron chi connectivity index (χ2n) is 16.0. The van der Waals surface area contributed by atoms with Crippen LogP contribution in [0.5, 0.6) is 0 Å². The number of hydrogen-bond donors (Lipinski definition) is 1. The summed E-state index contributed by atoms with van der Waals surface area (Å²) in [7, 11) is 1.45. The van der Waals surface area contributed by atoms with Gasteiger partial charge in [-0.25, -0.2) is 4.79 Å². The van der Waals surface area contributed by atoms with E-state index < -0.39 is 0 Å². The van der Waals surface area contributed by atoms with Crippen LogP contribution in [0.1, 0.15) is 115 Å². The first-order chi connectivity index (χ1) is 18.7. The lowest BCUT2D eigenvalue weighted by Crippen LogP contribution is -2.67. The first-order valence-electron chi connectivity index (χ1n) is 16.1. The first-order valence-corrected chi connectivity index (χ1v) is 16.1. The number of benzene rings is 1. The Balaban J connectivity index is 1.34. The third-order valence-electron chi connectivity index (χ3n) is 14.3. The molecule has 40 heavy (non-hydrogen) atoms. The number of fused-ring (bicyclic) bond motifs is 7. The minimum Gasteiger partial charge on any atom is -0.465 e. The van der Waals surface area contributed by atoms with Gasteiger partial charge in [0.1, 0.15) is 0 Å². The predicted octanol–water partition coefficient (Wildman–Crippen LogP) is 8.84. The van der Waals surface area contributed by atoms with Gasteiger partial charge in [-0.15, -0.1) is 0 Å². The van der Waals surface area contributed by atoms with Crippen molar-refractivity contribution in [2.45, 2.75) is 105 Å². The topological polar surface area (TPSA) is 52.3 Å². The van der Waals surface area contributed by atoms with E-state index in [2.05, 4.69) is 66.3 Å². The number of nitrogens with two attached hydrogens (primary N) is 1. The lowest BCUT2D eigenvalue weighted by molar-refractivity contribution is -0.217. The van der Waals surface area contributed by atoms with E-state index in [0.29, 0.717) is 45.5 Å². The summed E-state index contributed by atoms with van der Waals surface area (Å²) >= 11 is 0. The molecular formula is C37H53NO2. The van der Waals surface area contributed by atoms with Gasteiger partial charge < -0.3 is 10.5 Å². The lowest BCUT2D eigenvalue weighted by atomic mass is 9.33. The van der Waals surface area contributed by atoms with Crippen molar-refractivity contribution < 1.29 is 9.53 Å². The summed E-state index contributed by atoms with van der Waals surface area (Å²) in [6.45, 7) is 19.8. The Hall–Kier alpha value is -1.87. The fourth-order valence-electron chi connectivity index (χ4n) is 12.2. The maximum Gasteiger partial charge on any atom is 0.337 e. The molecule has 0 aliphatic heterocycles. The van der Waals surface area contributed by atoms with Gasteiger partial charge in [-0.2, -0.15) is 0 Å². The van der Waals surface area contributed by atoms with Crippen LogP contribution in [0.3, 0.4) is 0 Å². The van der Waals surface area contributed by atoms with Crippen LogP contribution in [0.15, 0.2) is 42.5 Å². The maximum absolute atomic E-state index is 12.0. The zero-order chi connectivity index (χ0) is 28.9. The average molecular weight is 544 g/mol. The Morgan fingerprint density at radius 2 is 1.60 bits per heavy atom. The third-order valence-corrected chi connectivity index (χ3v) is 14.3. The molecule has 4 fully saturated rings. The second kappa shape index (κ2) is 9.06. The molecule has 0 radical (unpaired) electrons. The smallest absolute Gasteiger partial charge is 0.337 e. The van der Waals surface area contributed by atoms with E-state index in [9.17, 15) is 4.79 Å². The highest BCUT2D eigenvalue weighted by molar-refractivity contribution is 5.89. The van der Waals surface area contributed by atoms with E-state index in [-0.39, 0.29) is 16.9 Å². The van der Waals surface area contributed by atoms with Gasteiger partial charge in [-0.05, 0) is 139 Å². The van der Waals surface area contributed by atoms with Gasteiger partial charge in [0.05, 0.1) is 12.7 Å². The SMILES string of the molecule is C=C(C)[C@@H]1CCC2(N)CC[C@]3(C)[C@H](CC[C@H]4C3(C)CC[C@H]3C(C)(C)C(c5ccc(C(=O)OC)cc5)=CC[C@@]34C)[C@@H]12. The molecule has 0 saturated heterocycles. The normalized spacial score (nSPS) is 45.3. The van der Waals surface area contributed by atoms with E-state index in [1.165, 1.54) is 75.2 Å². The van der Waals surface area contributed by atoms with Crippen molar-refractivity contribution in [1.29, 1.82) is 0 Å². The van der Waals surface area contributed by atoms with Gasteiger partial charge in [-0.1, -0.05) is 65.0 Å². The van der Waals surface area contributed by atoms with Crippen molar-refractivity contribution in [3.05, 3.63) is 53.6 Å². The number of methoxy groups -OCH3 is 1. The monoisotopic (exact) mass is 543 g/mol. The standard InChI is InChI=1S/C37H53NO2/c1-23(2)26-15-20-37(38)22-21-35(6)28(31(26)37)13-14-30-34(5)18-16-27(24-9-11-25(12-10-24)32(39)40-8)33(3,4)29(34)17-19-36(30,35)7/h9-12,16,26,28-31H,1,13-15,17-22,38H2,2-8H3/t26-,28+,29-,30+,31+,34-,35+,36?,37?/m0/s1. The van der Waals surface area contributed by atoms with Crippen LogP contribution >= 0.6 is 0 Å². The number of hydrogen-bond acceptors (Lipinski definition) is 3. The molecule has 9 atom stereocenters. The Labute approximate surface area is 243 Å². The second-order valence-corrected chi connectivity index (χ2v) is 16.0. The molecule has 4 saturated carbocycles. The maximum atomic E-state index is 12.0. The number of rotatable bonds is 3. The minimum atomic E-state index is -0.270. The molecule has 2 unspecified atom stereocenters. The summed E-state index contributed by atoms with van der Waals surface area (Å²) in [5.74, 6) is 3.03. The fourth-order valence-corrected chi connectivity index (χ4v) is 12.2. The van der Waals surface area contributed by atoms with E-state index in [1.54, 1.807) is 0 Å². The van der Waals surface area contributed by atoms with Crippen LogP contribution in [0.4, 0.5) is 0 Å². The molecule has 3 nitrogen and oxygen atoms in total. The molecule has 0 heterocycles. The van der Waals surface area contributed by atoms with Gasteiger partial charge in [0, 0.05) is 5.54 Å². The van der Waals surface area contributed by atoms with E-state index >= 15 is 0 Å². The van der Waals surface area contributed by atoms with Gasteiger partial charge in [0.15, 0.2) is 0 Å². The summed E-state index contributed by atoms with van der Waals surface area (Å²) in [6.07, 6.45) is 13.9. The summed E-state index contributed by atoms with van der Waals surface area (Å²) in [4.78, 5) is 12.0. The molecule has 218 valence electrons. The summed E-state index contributed by atoms with van der Waals surface area (Å²) in [6, 6.07) is 8.10. The zero-order valence-electron chi connectivity index (χ0n) is 26.2. The molecule has 0 spiro atoms. The quantitative estimate of drug-likeness (QED) is 0.306. The Kier molecular flexibility index (Phi) is 6.40. The highest BCUT2D eigenvalue weighted by Gasteiger charge is 2.70. The Bertz CT molecular complexity index is 1240. The highest BCUT2D eigenvalue weighted by atomic mass is 16.5. The Morgan fingerprint density at radius 1 is 0.900 bits per heavy atom. The van der Waals surface area contributed by atoms with Crippen molar-refractivity contribution in [3.63, 3.8) is 0 Å². The van der Waals surface area contributed by atoms with Crippen molar-refractivity contribution >= 4 is 11.5 Å². The summed E-state index contributed by atoms with van der Waals surface area (Å²) in [5.41, 5.74) is 13.0. The number of carbonyl (C=O) groups is 1. The molecule has 5 aliphatic carbocycles. The summed E-state index contributed by atoms with van der Waals surface area (Å²) in [5, 5.41) is 0. The van der Waals surface area contributed by atoms with E-state index in [1.807, 2.05) is 12.1 Å². The molecule has 2 N–H and O–H groups in total. The minimum absolute atomic E-state index is 0.0198. The van der Waals surface area contributed by atoms with Crippen LogP contribution < -0.4 is 5.73 Å². The van der Waals surface area contributed by atoms with Gasteiger partial charge in [-0.3, -0.25) is 0 Å². The molecule has 0 bridgehead atoms. The highest BCUT2D eigenvalue weighted by Crippen LogP contribution is 2.76. The largest absolute Gasteiger partial charge is 0.465 e. The number of carbonyl (C=O) groups excluding carboxylic acids is 1. The van der Waals surface area contributed by atoms with Gasteiger partial charge in [0.2, 0.25) is 0 Å². The molecule has 5 aliphatic rings. The zero-order valence-corrected chi connectivity index (χ0v) is 26.2. The van der Waals surface area contributed by atoms with E-state index in [0.717, 1.165) is 12.3 Å². The van der Waals surface area contributed by atoms with Crippen molar-refractivity contribution in [3.8, 4) is 0 Å². The van der Waals surface area contributed by atoms with Crippen molar-refractivity contribution in [1.82, 2.24) is 0 Å². The predicted molar refractivity (Wildman–Crippen MR) is 165 cm³/mol. The first kappa shape index (κ1) is 28.3. The molecular weight excluding hydrogens is 490 g/mol. The van der Waals surface area contributed by atoms with Crippen molar-refractivity contribution in [2.75, 3.05) is 7.11 Å². The fraction of sp³-hybridized carbons (Fsp3) is 0.703. The van der Waals surface area contributed by atoms with Gasteiger partial charge >= 0.3 is 5.97 Å². The lowest BCUT2D eigenvalue weighted by Gasteiger charge is -2.72. The van der Waals surface area contributed by atoms with Crippen LogP contribution in [-0.2, 0) is 4.74 Å². The molecule has 0 aromatic heterocycles.